The van der Waals surface area contributed by atoms with Crippen molar-refractivity contribution in [2.24, 2.45) is 0 Å². The van der Waals surface area contributed by atoms with Crippen LogP contribution in [0.3, 0.4) is 0 Å². The Labute approximate surface area is 92.8 Å². The van der Waals surface area contributed by atoms with Gasteiger partial charge in [0.05, 0.1) is 6.61 Å². The average molecular weight is 220 g/mol. The first-order valence-corrected chi connectivity index (χ1v) is 5.05. The number of nitrogens with one attached hydrogen (secondary N) is 2. The van der Waals surface area contributed by atoms with Crippen LogP contribution in [0, 0.1) is 0 Å². The second kappa shape index (κ2) is 4.76. The van der Waals surface area contributed by atoms with E-state index in [1.807, 2.05) is 6.07 Å². The maximum absolute atomic E-state index is 11.6. The normalized spacial score (nSPS) is 19.2. The molecule has 0 aromatic heterocycles. The molecule has 0 spiro atoms. The van der Waals surface area contributed by atoms with E-state index in [9.17, 15) is 9.59 Å². The van der Waals surface area contributed by atoms with Crippen molar-refractivity contribution in [2.75, 3.05) is 6.61 Å². The number of carbonyl (C=O) groups is 2. The number of carbonyl (C=O) groups excluding carboxylic acids is 2. The summed E-state index contributed by atoms with van der Waals surface area (Å²) in [4.78, 5) is 22.7. The van der Waals surface area contributed by atoms with Crippen LogP contribution in [0.1, 0.15) is 16.8 Å². The van der Waals surface area contributed by atoms with E-state index in [4.69, 9.17) is 4.74 Å². The van der Waals surface area contributed by atoms with Gasteiger partial charge in [0.2, 0.25) is 0 Å². The number of benzene rings is 1. The molecule has 0 aliphatic carbocycles. The Morgan fingerprint density at radius 1 is 1.31 bits per heavy atom. The summed E-state index contributed by atoms with van der Waals surface area (Å²) >= 11 is 0. The van der Waals surface area contributed by atoms with Gasteiger partial charge in [-0.15, -0.1) is 0 Å². The number of hydrogen-bond acceptors (Lipinski definition) is 4. The Bertz CT molecular complexity index is 391. The lowest BCUT2D eigenvalue weighted by Gasteiger charge is -2.09. The van der Waals surface area contributed by atoms with Crippen LogP contribution in [-0.2, 0) is 9.53 Å². The van der Waals surface area contributed by atoms with Gasteiger partial charge in [-0.2, -0.15) is 0 Å². The van der Waals surface area contributed by atoms with E-state index in [0.29, 0.717) is 18.6 Å². The monoisotopic (exact) mass is 220 g/mol. The molecule has 16 heavy (non-hydrogen) atoms. The molecule has 1 saturated heterocycles. The van der Waals surface area contributed by atoms with Crippen LogP contribution in [0.2, 0.25) is 0 Å². The molecule has 1 atom stereocenters. The first kappa shape index (κ1) is 10.6. The smallest absolute Gasteiger partial charge is 0.325 e. The molecule has 5 nitrogen and oxygen atoms in total. The van der Waals surface area contributed by atoms with Crippen LogP contribution in [0.4, 0.5) is 0 Å². The maximum Gasteiger partial charge on any atom is 0.325 e. The Hall–Kier alpha value is -1.88. The van der Waals surface area contributed by atoms with Crippen LogP contribution in [0.25, 0.3) is 0 Å². The third kappa shape index (κ3) is 2.38. The van der Waals surface area contributed by atoms with E-state index in [-0.39, 0.29) is 11.9 Å². The molecule has 2 N–H and O–H groups in total. The molecule has 1 amide bonds. The Kier molecular flexibility index (Phi) is 3.16. The van der Waals surface area contributed by atoms with Crippen LogP contribution in [0.5, 0.6) is 0 Å². The molecular weight excluding hydrogens is 208 g/mol. The van der Waals surface area contributed by atoms with Gasteiger partial charge in [0.25, 0.3) is 5.91 Å². The predicted octanol–water partition coefficient (Wildman–Crippen LogP) is 0.236. The number of esters is 1. The van der Waals surface area contributed by atoms with E-state index < -0.39 is 6.04 Å². The van der Waals surface area contributed by atoms with E-state index >= 15 is 0 Å². The molecule has 1 aliphatic heterocycles. The summed E-state index contributed by atoms with van der Waals surface area (Å²) < 4.78 is 4.75. The summed E-state index contributed by atoms with van der Waals surface area (Å²) in [7, 11) is 0. The molecular formula is C11H12N2O3. The summed E-state index contributed by atoms with van der Waals surface area (Å²) in [6.07, 6.45) is 0.577. The number of cyclic esters (lactones) is 1. The molecule has 1 aromatic carbocycles. The average Bonchev–Trinajstić information content (AvgIpc) is 2.73. The van der Waals surface area contributed by atoms with Crippen LogP contribution in [0.15, 0.2) is 30.3 Å². The molecule has 1 aromatic rings. The summed E-state index contributed by atoms with van der Waals surface area (Å²) in [6, 6.07) is 8.34. The van der Waals surface area contributed by atoms with E-state index in [1.54, 1.807) is 24.3 Å². The molecule has 1 unspecified atom stereocenters. The molecule has 84 valence electrons. The summed E-state index contributed by atoms with van der Waals surface area (Å²) in [5, 5.41) is 0. The third-order valence-electron chi connectivity index (χ3n) is 2.33. The fraction of sp³-hybridized carbons (Fsp3) is 0.273. The lowest BCUT2D eigenvalue weighted by Crippen LogP contribution is -2.46. The SMILES string of the molecule is O=C(NNC1CCOC1=O)c1ccccc1. The predicted molar refractivity (Wildman–Crippen MR) is 56.4 cm³/mol. The second-order valence-electron chi connectivity index (χ2n) is 3.47. The number of rotatable bonds is 3. The van der Waals surface area contributed by atoms with Crippen molar-refractivity contribution >= 4 is 11.9 Å². The molecule has 2 rings (SSSR count). The van der Waals surface area contributed by atoms with Crippen molar-refractivity contribution in [2.45, 2.75) is 12.5 Å². The Balaban J connectivity index is 1.87. The minimum Gasteiger partial charge on any atom is -0.464 e. The van der Waals surface area contributed by atoms with E-state index in [0.717, 1.165) is 0 Å². The topological polar surface area (TPSA) is 67.4 Å². The first-order valence-electron chi connectivity index (χ1n) is 5.05. The van der Waals surface area contributed by atoms with Gasteiger partial charge < -0.3 is 4.74 Å². The van der Waals surface area contributed by atoms with Crippen molar-refractivity contribution in [3.63, 3.8) is 0 Å². The van der Waals surface area contributed by atoms with Gasteiger partial charge in [-0.3, -0.25) is 15.0 Å². The standard InChI is InChI=1S/C11H12N2O3/c14-10(8-4-2-1-3-5-8)13-12-9-6-7-16-11(9)15/h1-5,9,12H,6-7H2,(H,13,14). The molecule has 0 radical (unpaired) electrons. The van der Waals surface area contributed by atoms with Crippen molar-refractivity contribution in [1.29, 1.82) is 0 Å². The summed E-state index contributed by atoms with van der Waals surface area (Å²) in [6.45, 7) is 0.401. The number of amides is 1. The largest absolute Gasteiger partial charge is 0.464 e. The minimum absolute atomic E-state index is 0.264. The third-order valence-corrected chi connectivity index (χ3v) is 2.33. The van der Waals surface area contributed by atoms with Crippen LogP contribution < -0.4 is 10.9 Å². The van der Waals surface area contributed by atoms with E-state index in [1.165, 1.54) is 0 Å². The quantitative estimate of drug-likeness (QED) is 0.565. The van der Waals surface area contributed by atoms with E-state index in [2.05, 4.69) is 10.9 Å². The Morgan fingerprint density at radius 3 is 2.69 bits per heavy atom. The summed E-state index contributed by atoms with van der Waals surface area (Å²) in [5.74, 6) is -0.589. The van der Waals surface area contributed by atoms with Crippen molar-refractivity contribution in [3.8, 4) is 0 Å². The van der Waals surface area contributed by atoms with Crippen LogP contribution in [-0.4, -0.2) is 24.5 Å². The fourth-order valence-corrected chi connectivity index (χ4v) is 1.44. The van der Waals surface area contributed by atoms with Gasteiger partial charge in [-0.05, 0) is 12.1 Å². The Morgan fingerprint density at radius 2 is 2.06 bits per heavy atom. The highest BCUT2D eigenvalue weighted by atomic mass is 16.5. The van der Waals surface area contributed by atoms with Gasteiger partial charge in [0.1, 0.15) is 6.04 Å². The highest BCUT2D eigenvalue weighted by Gasteiger charge is 2.26. The first-order chi connectivity index (χ1) is 7.77. The van der Waals surface area contributed by atoms with Crippen molar-refractivity contribution in [1.82, 2.24) is 10.9 Å². The summed E-state index contributed by atoms with van der Waals surface area (Å²) in [5.41, 5.74) is 5.68. The van der Waals surface area contributed by atoms with Gasteiger partial charge >= 0.3 is 5.97 Å². The maximum atomic E-state index is 11.6. The second-order valence-corrected chi connectivity index (χ2v) is 3.47. The molecule has 1 heterocycles. The van der Waals surface area contributed by atoms with Crippen LogP contribution >= 0.6 is 0 Å². The van der Waals surface area contributed by atoms with Gasteiger partial charge in [-0.1, -0.05) is 18.2 Å². The number of hydrazine groups is 1. The zero-order chi connectivity index (χ0) is 11.4. The fourth-order valence-electron chi connectivity index (χ4n) is 1.44. The van der Waals surface area contributed by atoms with Gasteiger partial charge in [0.15, 0.2) is 0 Å². The lowest BCUT2D eigenvalue weighted by molar-refractivity contribution is -0.139. The van der Waals surface area contributed by atoms with Crippen molar-refractivity contribution < 1.29 is 14.3 Å². The zero-order valence-corrected chi connectivity index (χ0v) is 8.60. The minimum atomic E-state index is -0.437. The lowest BCUT2D eigenvalue weighted by atomic mass is 10.2. The number of ether oxygens (including phenoxy) is 1. The molecule has 0 saturated carbocycles. The molecule has 0 bridgehead atoms. The zero-order valence-electron chi connectivity index (χ0n) is 8.60. The molecule has 1 fully saturated rings. The van der Waals surface area contributed by atoms with Gasteiger partial charge in [-0.25, -0.2) is 5.43 Å². The highest BCUT2D eigenvalue weighted by molar-refractivity contribution is 5.94. The highest BCUT2D eigenvalue weighted by Crippen LogP contribution is 2.04. The molecule has 1 aliphatic rings. The van der Waals surface area contributed by atoms with Crippen molar-refractivity contribution in [3.05, 3.63) is 35.9 Å². The van der Waals surface area contributed by atoms with Gasteiger partial charge in [0, 0.05) is 12.0 Å². The number of hydrogen-bond donors (Lipinski definition) is 2. The molecule has 5 heteroatoms.